The summed E-state index contributed by atoms with van der Waals surface area (Å²) in [6.07, 6.45) is 9.67. The number of thiazole rings is 1. The van der Waals surface area contributed by atoms with Gasteiger partial charge in [-0.05, 0) is 6.42 Å². The Bertz CT molecular complexity index is 382. The van der Waals surface area contributed by atoms with Crippen molar-refractivity contribution < 1.29 is 9.53 Å². The highest BCUT2D eigenvalue weighted by atomic mass is 35.5. The number of halogens is 1. The van der Waals surface area contributed by atoms with Crippen LogP contribution in [0.5, 0.6) is 0 Å². The molecule has 0 radical (unpaired) electrons. The molecule has 0 aromatic carbocycles. The maximum absolute atomic E-state index is 11.5. The van der Waals surface area contributed by atoms with Gasteiger partial charge in [0.05, 0.1) is 12.1 Å². The molecule has 0 spiro atoms. The fourth-order valence-electron chi connectivity index (χ4n) is 1.98. The van der Waals surface area contributed by atoms with Crippen molar-refractivity contribution >= 4 is 28.9 Å². The second kappa shape index (κ2) is 11.1. The molecule has 0 amide bonds. The molecule has 0 N–H and O–H groups in total. The molecule has 0 aliphatic rings. The van der Waals surface area contributed by atoms with E-state index in [-0.39, 0.29) is 5.97 Å². The van der Waals surface area contributed by atoms with Crippen molar-refractivity contribution in [1.82, 2.24) is 4.98 Å². The molecule has 0 aliphatic heterocycles. The summed E-state index contributed by atoms with van der Waals surface area (Å²) in [5, 5.41) is 0.526. The zero-order valence-corrected chi connectivity index (χ0v) is 13.8. The van der Waals surface area contributed by atoms with Crippen LogP contribution in [-0.2, 0) is 16.0 Å². The van der Waals surface area contributed by atoms with E-state index in [9.17, 15) is 4.79 Å². The molecule has 1 aromatic rings. The Morgan fingerprint density at radius 3 is 2.60 bits per heavy atom. The van der Waals surface area contributed by atoms with Crippen LogP contribution in [0.4, 0.5) is 0 Å². The molecular formula is C15H24ClNO2S. The highest BCUT2D eigenvalue weighted by molar-refractivity contribution is 7.10. The van der Waals surface area contributed by atoms with Gasteiger partial charge in [-0.3, -0.25) is 4.79 Å². The summed E-state index contributed by atoms with van der Waals surface area (Å²) in [7, 11) is 0. The number of aromatic nitrogens is 1. The van der Waals surface area contributed by atoms with E-state index >= 15 is 0 Å². The second-order valence-corrected chi connectivity index (χ2v) is 6.21. The first-order chi connectivity index (χ1) is 9.74. The zero-order valence-electron chi connectivity index (χ0n) is 12.2. The average molecular weight is 318 g/mol. The minimum atomic E-state index is -0.0980. The summed E-state index contributed by atoms with van der Waals surface area (Å²) in [6.45, 7) is 2.62. The Hall–Kier alpha value is -0.610. The van der Waals surface area contributed by atoms with E-state index in [1.807, 2.05) is 0 Å². The quantitative estimate of drug-likeness (QED) is 0.425. The third-order valence-corrected chi connectivity index (χ3v) is 4.50. The molecule has 0 saturated heterocycles. The molecule has 0 saturated carbocycles. The maximum atomic E-state index is 11.5. The Morgan fingerprint density at radius 2 is 1.95 bits per heavy atom. The summed E-state index contributed by atoms with van der Waals surface area (Å²) in [6, 6.07) is 0. The standard InChI is InChI=1S/C15H24ClNO2S/c1-2-3-4-5-6-7-8-9-14(18)19-11-10-13-15(16)17-12-20-13/h12H,2-11H2,1H3. The van der Waals surface area contributed by atoms with Crippen LogP contribution >= 0.6 is 22.9 Å². The third-order valence-electron chi connectivity index (χ3n) is 3.17. The van der Waals surface area contributed by atoms with E-state index in [0.717, 1.165) is 17.7 Å². The topological polar surface area (TPSA) is 39.2 Å². The third kappa shape index (κ3) is 7.85. The minimum absolute atomic E-state index is 0.0980. The molecule has 1 rings (SSSR count). The number of nitrogens with zero attached hydrogens (tertiary/aromatic N) is 1. The van der Waals surface area contributed by atoms with Crippen molar-refractivity contribution in [3.63, 3.8) is 0 Å². The predicted octanol–water partition coefficient (Wildman–Crippen LogP) is 5.02. The highest BCUT2D eigenvalue weighted by Gasteiger charge is 2.06. The molecule has 0 fully saturated rings. The first kappa shape index (κ1) is 17.4. The summed E-state index contributed by atoms with van der Waals surface area (Å²) in [5.41, 5.74) is 1.71. The lowest BCUT2D eigenvalue weighted by atomic mass is 10.1. The van der Waals surface area contributed by atoms with E-state index in [2.05, 4.69) is 11.9 Å². The first-order valence-electron chi connectivity index (χ1n) is 7.47. The Labute approximate surface area is 130 Å². The van der Waals surface area contributed by atoms with Gasteiger partial charge in [-0.15, -0.1) is 11.3 Å². The highest BCUT2D eigenvalue weighted by Crippen LogP contribution is 2.18. The molecule has 3 nitrogen and oxygen atoms in total. The molecule has 114 valence electrons. The maximum Gasteiger partial charge on any atom is 0.305 e. The van der Waals surface area contributed by atoms with Crippen LogP contribution in [0.2, 0.25) is 5.15 Å². The fraction of sp³-hybridized carbons (Fsp3) is 0.733. The Kier molecular flexibility index (Phi) is 9.67. The van der Waals surface area contributed by atoms with E-state index < -0.39 is 0 Å². The molecule has 20 heavy (non-hydrogen) atoms. The number of hydrogen-bond acceptors (Lipinski definition) is 4. The van der Waals surface area contributed by atoms with Gasteiger partial charge in [-0.2, -0.15) is 0 Å². The van der Waals surface area contributed by atoms with Crippen molar-refractivity contribution in [2.75, 3.05) is 6.61 Å². The fourth-order valence-corrected chi connectivity index (χ4v) is 2.95. The number of carbonyl (C=O) groups excluding carboxylic acids is 1. The lowest BCUT2D eigenvalue weighted by Crippen LogP contribution is -2.07. The predicted molar refractivity (Wildman–Crippen MR) is 84.4 cm³/mol. The van der Waals surface area contributed by atoms with Gasteiger partial charge in [-0.25, -0.2) is 4.98 Å². The van der Waals surface area contributed by atoms with Crippen LogP contribution in [0.1, 0.15) is 63.2 Å². The van der Waals surface area contributed by atoms with Gasteiger partial charge in [-0.1, -0.05) is 57.0 Å². The van der Waals surface area contributed by atoms with Crippen molar-refractivity contribution in [2.24, 2.45) is 0 Å². The lowest BCUT2D eigenvalue weighted by Gasteiger charge is -2.04. The number of hydrogen-bond donors (Lipinski definition) is 0. The van der Waals surface area contributed by atoms with Gasteiger partial charge in [0.15, 0.2) is 0 Å². The van der Waals surface area contributed by atoms with Gasteiger partial charge in [0.2, 0.25) is 0 Å². The lowest BCUT2D eigenvalue weighted by molar-refractivity contribution is -0.143. The van der Waals surface area contributed by atoms with Crippen LogP contribution in [0.15, 0.2) is 5.51 Å². The molecule has 1 aromatic heterocycles. The Morgan fingerprint density at radius 1 is 1.25 bits per heavy atom. The zero-order chi connectivity index (χ0) is 14.6. The van der Waals surface area contributed by atoms with Crippen LogP contribution in [0, 0.1) is 0 Å². The van der Waals surface area contributed by atoms with Crippen LogP contribution in [0.3, 0.4) is 0 Å². The number of rotatable bonds is 11. The normalized spacial score (nSPS) is 10.7. The average Bonchev–Trinajstić information content (AvgIpc) is 2.83. The second-order valence-electron chi connectivity index (χ2n) is 4.91. The van der Waals surface area contributed by atoms with E-state index in [4.69, 9.17) is 16.3 Å². The molecule has 0 bridgehead atoms. The monoisotopic (exact) mass is 317 g/mol. The van der Waals surface area contributed by atoms with E-state index in [1.165, 1.54) is 43.4 Å². The van der Waals surface area contributed by atoms with Crippen LogP contribution < -0.4 is 0 Å². The summed E-state index contributed by atoms with van der Waals surface area (Å²) >= 11 is 7.37. The molecule has 0 aliphatic carbocycles. The number of ether oxygens (including phenoxy) is 1. The van der Waals surface area contributed by atoms with Crippen molar-refractivity contribution in [3.05, 3.63) is 15.5 Å². The van der Waals surface area contributed by atoms with Crippen molar-refractivity contribution in [3.8, 4) is 0 Å². The van der Waals surface area contributed by atoms with Gasteiger partial charge in [0.1, 0.15) is 5.15 Å². The molecule has 5 heteroatoms. The molecule has 0 atom stereocenters. The van der Waals surface area contributed by atoms with E-state index in [0.29, 0.717) is 24.6 Å². The van der Waals surface area contributed by atoms with Crippen molar-refractivity contribution in [1.29, 1.82) is 0 Å². The van der Waals surface area contributed by atoms with Gasteiger partial charge in [0.25, 0.3) is 0 Å². The summed E-state index contributed by atoms with van der Waals surface area (Å²) < 4.78 is 5.20. The number of unbranched alkanes of at least 4 members (excludes halogenated alkanes) is 6. The van der Waals surface area contributed by atoms with Crippen molar-refractivity contribution in [2.45, 2.75) is 64.7 Å². The molecule has 0 unspecified atom stereocenters. The molecular weight excluding hydrogens is 294 g/mol. The van der Waals surface area contributed by atoms with Crippen LogP contribution in [-0.4, -0.2) is 17.6 Å². The summed E-state index contributed by atoms with van der Waals surface area (Å²) in [5.74, 6) is -0.0980. The largest absolute Gasteiger partial charge is 0.465 e. The summed E-state index contributed by atoms with van der Waals surface area (Å²) in [4.78, 5) is 16.5. The Balaban J connectivity index is 1.94. The SMILES string of the molecule is CCCCCCCCCC(=O)OCCc1scnc1Cl. The first-order valence-corrected chi connectivity index (χ1v) is 8.73. The van der Waals surface area contributed by atoms with Gasteiger partial charge >= 0.3 is 5.97 Å². The van der Waals surface area contributed by atoms with Gasteiger partial charge in [0, 0.05) is 17.7 Å². The number of carbonyl (C=O) groups is 1. The number of esters is 1. The van der Waals surface area contributed by atoms with Crippen LogP contribution in [0.25, 0.3) is 0 Å². The molecule has 1 heterocycles. The van der Waals surface area contributed by atoms with Gasteiger partial charge < -0.3 is 4.74 Å². The minimum Gasteiger partial charge on any atom is -0.465 e. The van der Waals surface area contributed by atoms with E-state index in [1.54, 1.807) is 5.51 Å². The smallest absolute Gasteiger partial charge is 0.305 e.